The Morgan fingerprint density at radius 2 is 2.27 bits per heavy atom. The van der Waals surface area contributed by atoms with Gasteiger partial charge in [-0.3, -0.25) is 0 Å². The van der Waals surface area contributed by atoms with Crippen LogP contribution in [-0.4, -0.2) is 17.5 Å². The van der Waals surface area contributed by atoms with Gasteiger partial charge in [0.15, 0.2) is 0 Å². The van der Waals surface area contributed by atoms with E-state index in [4.69, 9.17) is 0 Å². The molecule has 0 aromatic rings. The van der Waals surface area contributed by atoms with Crippen LogP contribution in [0.1, 0.15) is 32.6 Å². The van der Waals surface area contributed by atoms with E-state index < -0.39 is 0 Å². The van der Waals surface area contributed by atoms with Crippen molar-refractivity contribution in [1.82, 2.24) is 0 Å². The van der Waals surface area contributed by atoms with E-state index in [9.17, 15) is 9.90 Å². The van der Waals surface area contributed by atoms with Crippen LogP contribution in [-0.2, 0) is 4.79 Å². The predicted molar refractivity (Wildman–Crippen MR) is 43.2 cm³/mol. The van der Waals surface area contributed by atoms with Crippen LogP contribution >= 0.6 is 0 Å². The Bertz CT molecular complexity index is 134. The molecule has 2 heteroatoms. The standard InChI is InChI=1S/C9H16O2/c1-2-7-3-4-9(11)8(7)5-6-10/h6-9,11H,2-5H2,1H3/t7-,8+,9-/m0/s1. The van der Waals surface area contributed by atoms with Crippen molar-refractivity contribution in [1.29, 1.82) is 0 Å². The second-order valence-electron chi connectivity index (χ2n) is 3.38. The maximum Gasteiger partial charge on any atom is 0.120 e. The number of hydrogen-bond acceptors (Lipinski definition) is 2. The molecule has 2 nitrogen and oxygen atoms in total. The van der Waals surface area contributed by atoms with E-state index in [0.29, 0.717) is 12.3 Å². The molecule has 0 heterocycles. The topological polar surface area (TPSA) is 37.3 Å². The van der Waals surface area contributed by atoms with Crippen LogP contribution in [0.15, 0.2) is 0 Å². The summed E-state index contributed by atoms with van der Waals surface area (Å²) in [5.74, 6) is 0.827. The maximum absolute atomic E-state index is 10.3. The normalized spacial score (nSPS) is 37.5. The molecule has 0 bridgehead atoms. The van der Waals surface area contributed by atoms with Gasteiger partial charge in [0.2, 0.25) is 0 Å². The Morgan fingerprint density at radius 1 is 1.55 bits per heavy atom. The third kappa shape index (κ3) is 1.80. The summed E-state index contributed by atoms with van der Waals surface area (Å²) in [4.78, 5) is 10.3. The molecule has 0 saturated heterocycles. The van der Waals surface area contributed by atoms with Gasteiger partial charge in [-0.25, -0.2) is 0 Å². The second-order valence-corrected chi connectivity index (χ2v) is 3.38. The van der Waals surface area contributed by atoms with E-state index >= 15 is 0 Å². The monoisotopic (exact) mass is 156 g/mol. The molecule has 0 aromatic carbocycles. The average molecular weight is 156 g/mol. The predicted octanol–water partition coefficient (Wildman–Crippen LogP) is 1.37. The lowest BCUT2D eigenvalue weighted by atomic mass is 9.90. The van der Waals surface area contributed by atoms with Crippen LogP contribution in [0.4, 0.5) is 0 Å². The Balaban J connectivity index is 2.48. The molecular formula is C9H16O2. The first-order valence-electron chi connectivity index (χ1n) is 4.41. The summed E-state index contributed by atoms with van der Waals surface area (Å²) < 4.78 is 0. The Labute approximate surface area is 67.6 Å². The molecule has 0 spiro atoms. The van der Waals surface area contributed by atoms with Crippen molar-refractivity contribution in [3.8, 4) is 0 Å². The minimum Gasteiger partial charge on any atom is -0.393 e. The number of aliphatic hydroxyl groups is 1. The van der Waals surface area contributed by atoms with Crippen molar-refractivity contribution in [2.24, 2.45) is 11.8 Å². The highest BCUT2D eigenvalue weighted by Gasteiger charge is 2.32. The van der Waals surface area contributed by atoms with Crippen molar-refractivity contribution in [3.63, 3.8) is 0 Å². The lowest BCUT2D eigenvalue weighted by Crippen LogP contribution is -2.19. The van der Waals surface area contributed by atoms with Crippen LogP contribution in [0.5, 0.6) is 0 Å². The Morgan fingerprint density at radius 3 is 2.82 bits per heavy atom. The van der Waals surface area contributed by atoms with E-state index in [0.717, 1.165) is 25.5 Å². The molecule has 1 saturated carbocycles. The number of hydrogen-bond donors (Lipinski definition) is 1. The molecular weight excluding hydrogens is 140 g/mol. The third-order valence-electron chi connectivity index (χ3n) is 2.83. The van der Waals surface area contributed by atoms with Gasteiger partial charge < -0.3 is 9.90 Å². The fraction of sp³-hybridized carbons (Fsp3) is 0.889. The summed E-state index contributed by atoms with van der Waals surface area (Å²) in [5, 5.41) is 9.46. The van der Waals surface area contributed by atoms with Gasteiger partial charge in [0.1, 0.15) is 6.29 Å². The molecule has 1 fully saturated rings. The second kappa shape index (κ2) is 3.86. The van der Waals surface area contributed by atoms with Gasteiger partial charge in [-0.05, 0) is 24.7 Å². The van der Waals surface area contributed by atoms with Crippen LogP contribution < -0.4 is 0 Å². The molecule has 1 N–H and O–H groups in total. The number of carbonyl (C=O) groups is 1. The molecule has 1 aliphatic carbocycles. The molecule has 1 aliphatic rings. The van der Waals surface area contributed by atoms with E-state index in [1.54, 1.807) is 0 Å². The van der Waals surface area contributed by atoms with E-state index in [1.165, 1.54) is 0 Å². The lowest BCUT2D eigenvalue weighted by molar-refractivity contribution is -0.109. The summed E-state index contributed by atoms with van der Waals surface area (Å²) in [6.45, 7) is 2.13. The summed E-state index contributed by atoms with van der Waals surface area (Å²) in [6, 6.07) is 0. The average Bonchev–Trinajstić information content (AvgIpc) is 2.34. The molecule has 0 radical (unpaired) electrons. The van der Waals surface area contributed by atoms with Crippen molar-refractivity contribution in [2.45, 2.75) is 38.7 Å². The maximum atomic E-state index is 10.3. The Hall–Kier alpha value is -0.370. The molecule has 0 aromatic heterocycles. The SMILES string of the molecule is CC[C@H]1CC[C@H](O)[C@@H]1CC=O. The molecule has 0 unspecified atom stereocenters. The van der Waals surface area contributed by atoms with Crippen molar-refractivity contribution in [3.05, 3.63) is 0 Å². The van der Waals surface area contributed by atoms with Gasteiger partial charge in [-0.2, -0.15) is 0 Å². The summed E-state index contributed by atoms with van der Waals surface area (Å²) >= 11 is 0. The number of aliphatic hydroxyl groups excluding tert-OH is 1. The summed E-state index contributed by atoms with van der Waals surface area (Å²) in [7, 11) is 0. The minimum atomic E-state index is -0.217. The molecule has 0 aliphatic heterocycles. The number of rotatable bonds is 3. The van der Waals surface area contributed by atoms with E-state index in [2.05, 4.69) is 6.92 Å². The lowest BCUT2D eigenvalue weighted by Gasteiger charge is -2.17. The van der Waals surface area contributed by atoms with Crippen LogP contribution in [0.3, 0.4) is 0 Å². The van der Waals surface area contributed by atoms with Crippen LogP contribution in [0, 0.1) is 11.8 Å². The minimum absolute atomic E-state index is 0.217. The van der Waals surface area contributed by atoms with Gasteiger partial charge >= 0.3 is 0 Å². The van der Waals surface area contributed by atoms with Gasteiger partial charge in [-0.1, -0.05) is 13.3 Å². The fourth-order valence-electron chi connectivity index (χ4n) is 2.09. The molecule has 64 valence electrons. The molecule has 1 rings (SSSR count). The van der Waals surface area contributed by atoms with Gasteiger partial charge in [-0.15, -0.1) is 0 Å². The highest BCUT2D eigenvalue weighted by atomic mass is 16.3. The largest absolute Gasteiger partial charge is 0.393 e. The first kappa shape index (κ1) is 8.72. The zero-order chi connectivity index (χ0) is 8.27. The van der Waals surface area contributed by atoms with Gasteiger partial charge in [0.05, 0.1) is 6.10 Å². The molecule has 11 heavy (non-hydrogen) atoms. The van der Waals surface area contributed by atoms with Crippen LogP contribution in [0.25, 0.3) is 0 Å². The quantitative estimate of drug-likeness (QED) is 0.627. The van der Waals surface area contributed by atoms with Gasteiger partial charge in [0, 0.05) is 6.42 Å². The van der Waals surface area contributed by atoms with Crippen molar-refractivity contribution < 1.29 is 9.90 Å². The van der Waals surface area contributed by atoms with E-state index in [-0.39, 0.29) is 12.0 Å². The highest BCUT2D eigenvalue weighted by molar-refractivity contribution is 5.50. The zero-order valence-corrected chi connectivity index (χ0v) is 6.99. The first-order valence-corrected chi connectivity index (χ1v) is 4.41. The fourth-order valence-corrected chi connectivity index (χ4v) is 2.09. The smallest absolute Gasteiger partial charge is 0.120 e. The number of aldehydes is 1. The number of carbonyl (C=O) groups excluding carboxylic acids is 1. The van der Waals surface area contributed by atoms with Gasteiger partial charge in [0.25, 0.3) is 0 Å². The summed E-state index contributed by atoms with van der Waals surface area (Å²) in [6.07, 6.45) is 4.33. The molecule has 0 amide bonds. The summed E-state index contributed by atoms with van der Waals surface area (Å²) in [5.41, 5.74) is 0. The third-order valence-corrected chi connectivity index (χ3v) is 2.83. The highest BCUT2D eigenvalue weighted by Crippen LogP contribution is 2.35. The molecule has 3 atom stereocenters. The first-order chi connectivity index (χ1) is 5.29. The van der Waals surface area contributed by atoms with Crippen LogP contribution in [0.2, 0.25) is 0 Å². The van der Waals surface area contributed by atoms with Crippen molar-refractivity contribution in [2.75, 3.05) is 0 Å². The zero-order valence-electron chi connectivity index (χ0n) is 6.99. The van der Waals surface area contributed by atoms with E-state index in [1.807, 2.05) is 0 Å². The van der Waals surface area contributed by atoms with Crippen molar-refractivity contribution >= 4 is 6.29 Å². The Kier molecular flexibility index (Phi) is 3.06.